The number of amides is 1. The predicted octanol–water partition coefficient (Wildman–Crippen LogP) is 5.73. The smallest absolute Gasteiger partial charge is 0.259 e. The van der Waals surface area contributed by atoms with E-state index < -0.39 is 5.91 Å². The topological polar surface area (TPSA) is 72.0 Å². The first kappa shape index (κ1) is 20.1. The van der Waals surface area contributed by atoms with E-state index >= 15 is 0 Å². The van der Waals surface area contributed by atoms with Crippen LogP contribution in [0.15, 0.2) is 46.8 Å². The zero-order valence-corrected chi connectivity index (χ0v) is 17.3. The second kappa shape index (κ2) is 9.03. The van der Waals surface area contributed by atoms with Gasteiger partial charge in [-0.2, -0.15) is 0 Å². The predicted molar refractivity (Wildman–Crippen MR) is 111 cm³/mol. The molecular formula is C17H10Cl3N3O2S2. The van der Waals surface area contributed by atoms with Gasteiger partial charge in [0.15, 0.2) is 10.1 Å². The molecule has 0 fully saturated rings. The van der Waals surface area contributed by atoms with Gasteiger partial charge in [-0.1, -0.05) is 57.9 Å². The molecule has 0 aliphatic carbocycles. The number of Topliss-reactive ketones (excluding diaryl/α,β-unsaturated/α-hetero) is 1. The van der Waals surface area contributed by atoms with E-state index in [4.69, 9.17) is 34.8 Å². The van der Waals surface area contributed by atoms with Gasteiger partial charge in [-0.05, 0) is 42.5 Å². The summed E-state index contributed by atoms with van der Waals surface area (Å²) >= 11 is 20.1. The number of nitrogens with one attached hydrogen (secondary N) is 1. The zero-order valence-electron chi connectivity index (χ0n) is 13.4. The average molecular weight is 459 g/mol. The van der Waals surface area contributed by atoms with Gasteiger partial charge in [0.25, 0.3) is 5.91 Å². The number of ketones is 1. The third-order valence-electron chi connectivity index (χ3n) is 3.30. The van der Waals surface area contributed by atoms with Crippen LogP contribution in [-0.2, 0) is 0 Å². The number of carbonyl (C=O) groups is 2. The minimum absolute atomic E-state index is 0.0506. The SMILES string of the molecule is O=C(CSc1nnc(NC(=O)c2ccc(Cl)cc2Cl)s1)c1ccc(Cl)cc1. The van der Waals surface area contributed by atoms with Crippen LogP contribution < -0.4 is 5.32 Å². The molecule has 0 saturated heterocycles. The van der Waals surface area contributed by atoms with Gasteiger partial charge >= 0.3 is 0 Å². The molecule has 138 valence electrons. The van der Waals surface area contributed by atoms with Gasteiger partial charge in [0, 0.05) is 15.6 Å². The maximum atomic E-state index is 12.3. The van der Waals surface area contributed by atoms with Crippen LogP contribution in [0.25, 0.3) is 0 Å². The largest absolute Gasteiger partial charge is 0.296 e. The van der Waals surface area contributed by atoms with Crippen LogP contribution in [0.5, 0.6) is 0 Å². The van der Waals surface area contributed by atoms with Gasteiger partial charge in [0.1, 0.15) is 0 Å². The lowest BCUT2D eigenvalue weighted by molar-refractivity contribution is 0.101. The molecule has 3 rings (SSSR count). The molecule has 0 atom stereocenters. The molecule has 0 aliphatic heterocycles. The fourth-order valence-corrected chi connectivity index (χ4v) is 4.26. The van der Waals surface area contributed by atoms with Crippen molar-refractivity contribution in [1.82, 2.24) is 10.2 Å². The third-order valence-corrected chi connectivity index (χ3v) is 6.07. The van der Waals surface area contributed by atoms with Crippen LogP contribution >= 0.6 is 57.9 Å². The van der Waals surface area contributed by atoms with Crippen LogP contribution in [0.2, 0.25) is 15.1 Å². The Kier molecular flexibility index (Phi) is 6.73. The zero-order chi connectivity index (χ0) is 19.4. The molecule has 0 saturated carbocycles. The minimum atomic E-state index is -0.415. The second-order valence-electron chi connectivity index (χ2n) is 5.17. The number of thioether (sulfide) groups is 1. The van der Waals surface area contributed by atoms with Crippen molar-refractivity contribution in [3.05, 3.63) is 68.7 Å². The lowest BCUT2D eigenvalue weighted by Crippen LogP contribution is -2.12. The number of aromatic nitrogens is 2. The monoisotopic (exact) mass is 457 g/mol. The van der Waals surface area contributed by atoms with Crippen LogP contribution in [0.1, 0.15) is 20.7 Å². The summed E-state index contributed by atoms with van der Waals surface area (Å²) in [5, 5.41) is 12.1. The summed E-state index contributed by atoms with van der Waals surface area (Å²) in [4.78, 5) is 24.4. The summed E-state index contributed by atoms with van der Waals surface area (Å²) in [6, 6.07) is 11.3. The fraction of sp³-hybridized carbons (Fsp3) is 0.0588. The van der Waals surface area contributed by atoms with Gasteiger partial charge < -0.3 is 0 Å². The Labute approximate surface area is 178 Å². The van der Waals surface area contributed by atoms with Gasteiger partial charge in [-0.15, -0.1) is 10.2 Å². The van der Waals surface area contributed by atoms with Gasteiger partial charge in [0.2, 0.25) is 5.13 Å². The van der Waals surface area contributed by atoms with Crippen molar-refractivity contribution >= 4 is 74.7 Å². The first-order valence-corrected chi connectivity index (χ1v) is 10.4. The van der Waals surface area contributed by atoms with Gasteiger partial charge in [0.05, 0.1) is 16.3 Å². The normalized spacial score (nSPS) is 10.6. The van der Waals surface area contributed by atoms with Crippen molar-refractivity contribution in [1.29, 1.82) is 0 Å². The summed E-state index contributed by atoms with van der Waals surface area (Å²) in [6.45, 7) is 0. The molecule has 1 heterocycles. The number of anilines is 1. The highest BCUT2D eigenvalue weighted by molar-refractivity contribution is 8.01. The average Bonchev–Trinajstić information content (AvgIpc) is 3.07. The Morgan fingerprint density at radius 3 is 2.41 bits per heavy atom. The molecule has 0 radical (unpaired) electrons. The van der Waals surface area contributed by atoms with E-state index in [-0.39, 0.29) is 22.1 Å². The van der Waals surface area contributed by atoms with Crippen LogP contribution in [0, 0.1) is 0 Å². The number of rotatable bonds is 6. The number of carbonyl (C=O) groups excluding carboxylic acids is 2. The van der Waals surface area contributed by atoms with Crippen molar-refractivity contribution in [2.45, 2.75) is 4.34 Å². The number of benzene rings is 2. The van der Waals surface area contributed by atoms with Crippen molar-refractivity contribution < 1.29 is 9.59 Å². The number of hydrogen-bond donors (Lipinski definition) is 1. The molecule has 0 aliphatic rings. The summed E-state index contributed by atoms with van der Waals surface area (Å²) in [6.07, 6.45) is 0. The number of hydrogen-bond acceptors (Lipinski definition) is 6. The second-order valence-corrected chi connectivity index (χ2v) is 8.65. The fourth-order valence-electron chi connectivity index (χ4n) is 2.00. The van der Waals surface area contributed by atoms with E-state index in [1.54, 1.807) is 30.3 Å². The first-order valence-electron chi connectivity index (χ1n) is 7.44. The van der Waals surface area contributed by atoms with Crippen LogP contribution in [0.3, 0.4) is 0 Å². The Hall–Kier alpha value is -1.64. The van der Waals surface area contributed by atoms with E-state index in [0.717, 1.165) is 0 Å². The third kappa shape index (κ3) is 5.43. The molecule has 3 aromatic rings. The summed E-state index contributed by atoms with van der Waals surface area (Å²) in [7, 11) is 0. The Morgan fingerprint density at radius 1 is 1.00 bits per heavy atom. The Balaban J connectivity index is 1.59. The molecule has 1 aromatic heterocycles. The lowest BCUT2D eigenvalue weighted by atomic mass is 10.1. The van der Waals surface area contributed by atoms with E-state index in [1.165, 1.54) is 35.2 Å². The molecule has 1 N–H and O–H groups in total. The van der Waals surface area contributed by atoms with Crippen LogP contribution in [-0.4, -0.2) is 27.6 Å². The highest BCUT2D eigenvalue weighted by Gasteiger charge is 2.15. The van der Waals surface area contributed by atoms with Crippen molar-refractivity contribution in [2.75, 3.05) is 11.1 Å². The molecule has 0 spiro atoms. The summed E-state index contributed by atoms with van der Waals surface area (Å²) < 4.78 is 0.565. The molecular weight excluding hydrogens is 449 g/mol. The van der Waals surface area contributed by atoms with E-state index in [1.807, 2.05) is 0 Å². The highest BCUT2D eigenvalue weighted by atomic mass is 35.5. The molecule has 1 amide bonds. The highest BCUT2D eigenvalue weighted by Crippen LogP contribution is 2.27. The molecule has 0 bridgehead atoms. The lowest BCUT2D eigenvalue weighted by Gasteiger charge is -2.03. The number of nitrogens with zero attached hydrogens (tertiary/aromatic N) is 2. The Morgan fingerprint density at radius 2 is 1.70 bits per heavy atom. The minimum Gasteiger partial charge on any atom is -0.296 e. The standard InChI is InChI=1S/C17H10Cl3N3O2S2/c18-10-3-1-9(2-4-10)14(24)8-26-17-23-22-16(27-17)21-15(25)12-6-5-11(19)7-13(12)20/h1-7H,8H2,(H,21,22,25). The van der Waals surface area contributed by atoms with Crippen molar-refractivity contribution in [3.8, 4) is 0 Å². The molecule has 10 heteroatoms. The molecule has 2 aromatic carbocycles. The Bertz CT molecular complexity index is 993. The maximum absolute atomic E-state index is 12.3. The maximum Gasteiger partial charge on any atom is 0.259 e. The number of halogens is 3. The van der Waals surface area contributed by atoms with E-state index in [0.29, 0.717) is 25.1 Å². The van der Waals surface area contributed by atoms with Crippen molar-refractivity contribution in [3.63, 3.8) is 0 Å². The van der Waals surface area contributed by atoms with E-state index in [2.05, 4.69) is 15.5 Å². The first-order chi connectivity index (χ1) is 12.9. The quantitative estimate of drug-likeness (QED) is 0.290. The molecule has 0 unspecified atom stereocenters. The molecule has 5 nitrogen and oxygen atoms in total. The van der Waals surface area contributed by atoms with Crippen molar-refractivity contribution in [2.24, 2.45) is 0 Å². The summed E-state index contributed by atoms with van der Waals surface area (Å²) in [5.74, 6) is -0.264. The molecule has 27 heavy (non-hydrogen) atoms. The van der Waals surface area contributed by atoms with Crippen LogP contribution in [0.4, 0.5) is 5.13 Å². The van der Waals surface area contributed by atoms with Gasteiger partial charge in [-0.3, -0.25) is 14.9 Å². The van der Waals surface area contributed by atoms with E-state index in [9.17, 15) is 9.59 Å². The van der Waals surface area contributed by atoms with Gasteiger partial charge in [-0.25, -0.2) is 0 Å². The summed E-state index contributed by atoms with van der Waals surface area (Å²) in [5.41, 5.74) is 0.853.